The van der Waals surface area contributed by atoms with Gasteiger partial charge in [0.15, 0.2) is 17.5 Å². The molecule has 0 aliphatic heterocycles. The Morgan fingerprint density at radius 2 is 0.803 bits per heavy atom. The summed E-state index contributed by atoms with van der Waals surface area (Å²) in [5.41, 5.74) is 7.81. The number of H-pyrrole nitrogens is 1. The third kappa shape index (κ3) is 28.7. The molecule has 6 N–H and O–H groups in total. The molecular weight excluding hydrogens is 1880 g/mol. The number of hydrogen-bond acceptors (Lipinski definition) is 14. The minimum absolute atomic E-state index is 0. The van der Waals surface area contributed by atoms with Crippen LogP contribution in [0.3, 0.4) is 0 Å². The molecule has 0 radical (unpaired) electrons. The third-order valence-corrected chi connectivity index (χ3v) is 24.0. The maximum absolute atomic E-state index is 15.3. The zero-order valence-corrected chi connectivity index (χ0v) is 76.1. The van der Waals surface area contributed by atoms with Gasteiger partial charge in [-0.05, 0) is 190 Å². The van der Waals surface area contributed by atoms with Gasteiger partial charge in [-0.3, -0.25) is 19.2 Å². The van der Waals surface area contributed by atoms with Gasteiger partial charge in [0.1, 0.15) is 13.1 Å². The molecule has 0 aliphatic carbocycles. The molecule has 0 spiro atoms. The zero-order valence-electron chi connectivity index (χ0n) is 66.6. The van der Waals surface area contributed by atoms with E-state index in [1.165, 1.54) is 58.4 Å². The van der Waals surface area contributed by atoms with Gasteiger partial charge in [-0.2, -0.15) is 0 Å². The summed E-state index contributed by atoms with van der Waals surface area (Å²) in [7, 11) is 7.04. The van der Waals surface area contributed by atoms with Crippen LogP contribution < -0.4 is 38.9 Å². The zero-order chi connectivity index (χ0) is 85.2. The van der Waals surface area contributed by atoms with Crippen LogP contribution >= 0.6 is 118 Å². The minimum Gasteiger partial charge on any atom is -0.870 e. The number of rotatable bonds is 21. The molecule has 13 aromatic rings. The van der Waals surface area contributed by atoms with Crippen molar-refractivity contribution in [1.29, 1.82) is 0 Å². The summed E-state index contributed by atoms with van der Waals surface area (Å²) in [6, 6.07) is 68.7. The summed E-state index contributed by atoms with van der Waals surface area (Å²) in [6.07, 6.45) is 0. The number of carboxylic acids is 1. The molecule has 0 bridgehead atoms. The Morgan fingerprint density at radius 1 is 0.475 bits per heavy atom. The first-order valence-electron chi connectivity index (χ1n) is 35.8. The van der Waals surface area contributed by atoms with Gasteiger partial charge in [-0.25, -0.2) is 27.6 Å². The molecule has 640 valence electrons. The number of esters is 2. The number of benzene rings is 10. The fraction of sp³-hybridized carbons (Fsp3) is 0.189. The van der Waals surface area contributed by atoms with Crippen LogP contribution in [-0.4, -0.2) is 123 Å². The van der Waals surface area contributed by atoms with Gasteiger partial charge >= 0.3 is 36.8 Å². The molecule has 0 fully saturated rings. The molecule has 32 heteroatoms. The number of anilines is 4. The van der Waals surface area contributed by atoms with Crippen molar-refractivity contribution in [2.75, 3.05) is 72.1 Å². The summed E-state index contributed by atoms with van der Waals surface area (Å²) >= 11 is 31.0. The van der Waals surface area contributed by atoms with E-state index < -0.39 is 29.4 Å². The van der Waals surface area contributed by atoms with Crippen molar-refractivity contribution in [3.8, 4) is 0 Å². The van der Waals surface area contributed by atoms with E-state index in [-0.39, 0.29) is 124 Å². The summed E-state index contributed by atoms with van der Waals surface area (Å²) in [4.78, 5) is 95.0. The van der Waals surface area contributed by atoms with Gasteiger partial charge < -0.3 is 59.7 Å². The Morgan fingerprint density at radius 3 is 1.14 bits per heavy atom. The van der Waals surface area contributed by atoms with Crippen molar-refractivity contribution < 1.29 is 91.1 Å². The van der Waals surface area contributed by atoms with Crippen molar-refractivity contribution in [2.24, 2.45) is 0 Å². The van der Waals surface area contributed by atoms with E-state index in [0.717, 1.165) is 64.0 Å². The number of aromatic carboxylic acids is 1. The van der Waals surface area contributed by atoms with E-state index in [9.17, 15) is 43.1 Å². The molecule has 0 saturated carbocycles. The van der Waals surface area contributed by atoms with Crippen LogP contribution in [0.5, 0.6) is 0 Å². The Labute approximate surface area is 772 Å². The largest absolute Gasteiger partial charge is 1.00 e. The number of hydrogen-bond donors (Lipinski definition) is 3. The number of likely N-dealkylation sites (N-methyl/N-ethyl adjacent to an activating group) is 2. The first-order chi connectivity index (χ1) is 56.0. The third-order valence-electron chi connectivity index (χ3n) is 17.5. The van der Waals surface area contributed by atoms with Gasteiger partial charge in [0.05, 0.1) is 72.2 Å². The van der Waals surface area contributed by atoms with Gasteiger partial charge in [-0.1, -0.05) is 208 Å². The fourth-order valence-corrected chi connectivity index (χ4v) is 15.5. The second-order valence-corrected chi connectivity index (χ2v) is 31.6. The monoisotopic (exact) mass is 1960 g/mol. The first-order valence-corrected chi connectivity index (χ1v) is 42.5. The molecule has 19 nitrogen and oxygen atoms in total. The second-order valence-electron chi connectivity index (χ2n) is 25.1. The maximum atomic E-state index is 15.3. The predicted molar refractivity (Wildman–Crippen MR) is 498 cm³/mol. The number of para-hydroxylation sites is 4. The number of fused-ring (bicyclic) bond motifs is 3. The molecular formula is C90H91Br3Cl3F3LiN7O12S3. The molecule has 0 saturated heterocycles. The Hall–Kier alpha value is -9.22. The molecule has 3 amide bonds. The van der Waals surface area contributed by atoms with Gasteiger partial charge in [0.2, 0.25) is 22.4 Å². The van der Waals surface area contributed by atoms with E-state index >= 15 is 8.78 Å². The van der Waals surface area contributed by atoms with Crippen molar-refractivity contribution in [1.82, 2.24) is 14.1 Å². The summed E-state index contributed by atoms with van der Waals surface area (Å²) in [5, 5.41) is 15.1. The molecule has 0 aliphatic rings. The van der Waals surface area contributed by atoms with Crippen LogP contribution in [0.1, 0.15) is 76.9 Å². The molecule has 13 rings (SSSR count). The minimum atomic E-state index is -1.02. The fourth-order valence-electron chi connectivity index (χ4n) is 11.4. The number of aromatic amines is 1. The number of amides is 3. The quantitative estimate of drug-likeness (QED) is 0.0261. The van der Waals surface area contributed by atoms with E-state index in [4.69, 9.17) is 44.3 Å². The number of nitrogens with one attached hydrogen (secondary N) is 2. The normalized spacial score (nSPS) is 10.1. The predicted octanol–water partition coefficient (Wildman–Crippen LogP) is 20.9. The Balaban J connectivity index is 0.000000409. The van der Waals surface area contributed by atoms with Crippen LogP contribution in [0.25, 0.3) is 32.7 Å². The van der Waals surface area contributed by atoms with Gasteiger partial charge in [0, 0.05) is 114 Å². The molecule has 3 aromatic heterocycles. The van der Waals surface area contributed by atoms with Crippen molar-refractivity contribution in [3.63, 3.8) is 0 Å². The summed E-state index contributed by atoms with van der Waals surface area (Å²) in [5.74, 6) is -3.76. The number of carboxylic acid groups (broad SMARTS) is 1. The van der Waals surface area contributed by atoms with E-state index in [1.54, 1.807) is 133 Å². The molecule has 122 heavy (non-hydrogen) atoms. The number of aryl methyl sites for hydroxylation is 1. The number of carbonyl (C=O) groups is 7. The summed E-state index contributed by atoms with van der Waals surface area (Å²) < 4.78 is 58.0. The SMILES string of the molecule is C.C.CCOC(=O)c1cccc(Sc2c(C)[nH]c3c(F)c(Cl)ccc23)c1.CCOC(=O)c1cccc(Sc2c(C)n(CC(=O)N(C)c3ccccc3)c3c(F)c(Cl)ccc23)c1.CN(C(=O)CBr)c1ccccc1.CNc1ccccc1.Cc1c(Sc2cccc(C(=O)O)c2)c2ccc(Cl)c(F)c2n1CC(=O)N(C)c1ccccc1.O.O=C(Br)CBr.[Li+].[OH-]. The average molecular weight is 1970 g/mol. The maximum Gasteiger partial charge on any atom is 1.00 e. The van der Waals surface area contributed by atoms with Crippen molar-refractivity contribution in [2.45, 2.75) is 91.9 Å². The molecule has 3 heterocycles. The number of ether oxygens (including phenoxy) is 2. The van der Waals surface area contributed by atoms with Crippen LogP contribution in [0.2, 0.25) is 15.1 Å². The van der Waals surface area contributed by atoms with Crippen LogP contribution in [0.4, 0.5) is 35.9 Å². The Bertz CT molecular complexity index is 5680. The molecule has 0 unspecified atom stereocenters. The summed E-state index contributed by atoms with van der Waals surface area (Å²) in [6.45, 7) is 9.54. The Kier molecular flexibility index (Phi) is 45.9. The standard InChI is InChI=1S/C27H24ClFN2O3S.C25H20ClFN2O3S.C18H15ClFNO2S.C9H10BrNO.C7H9N.C2H2Br2O.2CH4.Li.2H2O/c1-4-34-27(33)18-9-8-12-20(15-18)35-26-17(2)31(25-21(26)13-14-22(28)24(25)29)16-23(32)30(3)19-10-6-5-7-11-19;1-15-24(33-18-10-6-7-16(13-18)25(31)32)19-11-12-20(26)22(27)23(19)29(15)14-21(30)28(2)17-8-4-3-5-9-17;1-3-23-18(22)11-5-4-6-12(9-11)24-17-10(2)21-16-13(17)7-8-14(19)15(16)20;1-11(9(12)7-10)8-5-3-2-4-6-8;1-8-7-5-3-2-4-6-7;3-1-2(4)5;;;;;/h5-15H,4,16H2,1-3H3;3-13H,14H2,1-2H3,(H,31,32);4-9,21H,3H2,1-2H3;2-6H,7H2,1H3;2-6,8H,1H3;1H2;2*1H4;;2*1H2/q;;;;;;;;+1;;/p-1. The van der Waals surface area contributed by atoms with Gasteiger partial charge in [-0.15, -0.1) is 0 Å². The topological polar surface area (TPSA) is 267 Å². The van der Waals surface area contributed by atoms with E-state index in [1.807, 2.05) is 161 Å². The molecule has 0 atom stereocenters. The number of alkyl halides is 2. The second kappa shape index (κ2) is 52.4. The number of nitrogens with zero attached hydrogens (tertiary/aromatic N) is 5. The smallest absolute Gasteiger partial charge is 0.870 e. The number of carbonyl (C=O) groups excluding carboxylic acids is 6. The number of aromatic nitrogens is 3. The van der Waals surface area contributed by atoms with E-state index in [0.29, 0.717) is 55.3 Å². The first kappa shape index (κ1) is 107. The van der Waals surface area contributed by atoms with Crippen LogP contribution in [0.15, 0.2) is 260 Å². The number of halogens is 9. The van der Waals surface area contributed by atoms with Crippen LogP contribution in [-0.2, 0) is 41.7 Å². The van der Waals surface area contributed by atoms with Crippen molar-refractivity contribution in [3.05, 3.63) is 297 Å². The van der Waals surface area contributed by atoms with Crippen molar-refractivity contribution >= 4 is 214 Å². The van der Waals surface area contributed by atoms with Gasteiger partial charge in [0.25, 0.3) is 0 Å². The average Bonchev–Trinajstić information content (AvgIpc) is 1.61. The van der Waals surface area contributed by atoms with E-state index in [2.05, 4.69) is 58.1 Å². The van der Waals surface area contributed by atoms with Crippen LogP contribution in [0, 0.1) is 38.2 Å². The molecule has 10 aromatic carbocycles.